The molecule has 0 aromatic heterocycles. The first kappa shape index (κ1) is 12.1. The van der Waals surface area contributed by atoms with E-state index >= 15 is 0 Å². The van der Waals surface area contributed by atoms with Crippen LogP contribution in [-0.4, -0.2) is 0 Å². The van der Waals surface area contributed by atoms with Crippen molar-refractivity contribution < 1.29 is 13.2 Å². The second-order valence-corrected chi connectivity index (χ2v) is 3.55. The predicted molar refractivity (Wildman–Crippen MR) is 54.7 cm³/mol. The zero-order chi connectivity index (χ0) is 11.6. The Balaban J connectivity index is 3.22. The van der Waals surface area contributed by atoms with Gasteiger partial charge in [-0.2, -0.15) is 13.2 Å². The Labute approximate surface area is 91.4 Å². The van der Waals surface area contributed by atoms with Gasteiger partial charge >= 0.3 is 6.18 Å². The van der Waals surface area contributed by atoms with Crippen LogP contribution in [0, 0.1) is 6.92 Å². The van der Waals surface area contributed by atoms with Gasteiger partial charge in [-0.3, -0.25) is 0 Å². The van der Waals surface area contributed by atoms with Gasteiger partial charge in [-0.15, -0.1) is 6.58 Å². The van der Waals surface area contributed by atoms with Gasteiger partial charge in [0.15, 0.2) is 0 Å². The van der Waals surface area contributed by atoms with Crippen LogP contribution >= 0.6 is 11.6 Å². The third-order valence-electron chi connectivity index (χ3n) is 1.96. The van der Waals surface area contributed by atoms with Crippen LogP contribution in [0.25, 0.3) is 0 Å². The van der Waals surface area contributed by atoms with E-state index in [0.29, 0.717) is 5.56 Å². The van der Waals surface area contributed by atoms with Crippen LogP contribution in [0.1, 0.15) is 17.0 Å². The number of allylic oxidation sites excluding steroid dienone is 1. The number of hydrogen-bond acceptors (Lipinski definition) is 0. The lowest BCUT2D eigenvalue weighted by molar-refractivity contribution is -0.137. The molecule has 0 fully saturated rings. The average Bonchev–Trinajstić information content (AvgIpc) is 2.14. The number of alkyl halides is 3. The van der Waals surface area contributed by atoms with Crippen molar-refractivity contribution in [3.05, 3.63) is 53.9 Å². The van der Waals surface area contributed by atoms with Crippen molar-refractivity contribution in [1.29, 1.82) is 0 Å². The van der Waals surface area contributed by atoms with E-state index in [1.807, 2.05) is 0 Å². The molecule has 1 aromatic carbocycles. The van der Waals surface area contributed by atoms with Crippen molar-refractivity contribution in [2.75, 3.05) is 0 Å². The highest BCUT2D eigenvalue weighted by molar-refractivity contribution is 6.30. The summed E-state index contributed by atoms with van der Waals surface area (Å²) in [6.07, 6.45) is -2.92. The van der Waals surface area contributed by atoms with E-state index in [1.54, 1.807) is 0 Å². The van der Waals surface area contributed by atoms with E-state index in [2.05, 4.69) is 13.5 Å². The van der Waals surface area contributed by atoms with E-state index < -0.39 is 17.7 Å². The van der Waals surface area contributed by atoms with Crippen molar-refractivity contribution in [2.24, 2.45) is 0 Å². The van der Waals surface area contributed by atoms with Crippen LogP contribution in [0.15, 0.2) is 30.9 Å². The van der Waals surface area contributed by atoms with Gasteiger partial charge in [0.25, 0.3) is 0 Å². The molecular formula is C11H9ClF3. The minimum atomic E-state index is -4.39. The Morgan fingerprint density at radius 1 is 1.27 bits per heavy atom. The van der Waals surface area contributed by atoms with E-state index in [4.69, 9.17) is 11.6 Å². The quantitative estimate of drug-likeness (QED) is 0.662. The number of rotatable bonds is 2. The molecule has 0 aliphatic heterocycles. The molecule has 15 heavy (non-hydrogen) atoms. The molecule has 0 N–H and O–H groups in total. The lowest BCUT2D eigenvalue weighted by Crippen LogP contribution is -2.06. The van der Waals surface area contributed by atoms with Gasteiger partial charge in [0.1, 0.15) is 0 Å². The van der Waals surface area contributed by atoms with Gasteiger partial charge in [-0.05, 0) is 30.7 Å². The van der Waals surface area contributed by atoms with Gasteiger partial charge in [0.2, 0.25) is 0 Å². The lowest BCUT2D eigenvalue weighted by Gasteiger charge is -2.12. The van der Waals surface area contributed by atoms with Gasteiger partial charge < -0.3 is 0 Å². The zero-order valence-corrected chi connectivity index (χ0v) is 8.57. The van der Waals surface area contributed by atoms with Crippen molar-refractivity contribution >= 4 is 11.6 Å². The van der Waals surface area contributed by atoms with Crippen LogP contribution in [0.3, 0.4) is 0 Å². The van der Waals surface area contributed by atoms with Gasteiger partial charge in [0.05, 0.1) is 5.56 Å². The monoisotopic (exact) mass is 233 g/mol. The van der Waals surface area contributed by atoms with Crippen LogP contribution < -0.4 is 0 Å². The second kappa shape index (κ2) is 4.27. The molecule has 0 bridgehead atoms. The van der Waals surface area contributed by atoms with Crippen molar-refractivity contribution in [2.45, 2.75) is 12.1 Å². The van der Waals surface area contributed by atoms with Crippen molar-refractivity contribution in [3.63, 3.8) is 0 Å². The molecule has 1 unspecified atom stereocenters. The molecule has 4 heteroatoms. The van der Waals surface area contributed by atoms with Crippen LogP contribution in [-0.2, 0) is 6.18 Å². The molecule has 0 saturated carbocycles. The number of halogens is 4. The maximum absolute atomic E-state index is 12.4. The molecule has 0 saturated heterocycles. The summed E-state index contributed by atoms with van der Waals surface area (Å²) in [5.74, 6) is -0.398. The van der Waals surface area contributed by atoms with Gasteiger partial charge in [-0.1, -0.05) is 17.7 Å². The summed E-state index contributed by atoms with van der Waals surface area (Å²) < 4.78 is 37.2. The molecule has 1 radical (unpaired) electrons. The standard InChI is InChI=1S/C11H9ClF3/c1-3-7(2)8-4-9(11(13,14)15)6-10(12)5-8/h3-7H,1-2H2. The second-order valence-electron chi connectivity index (χ2n) is 3.11. The van der Waals surface area contributed by atoms with Crippen LogP contribution in [0.2, 0.25) is 5.02 Å². The fourth-order valence-electron chi connectivity index (χ4n) is 1.13. The normalized spacial score (nSPS) is 13.7. The third-order valence-corrected chi connectivity index (χ3v) is 2.18. The molecule has 81 valence electrons. The van der Waals surface area contributed by atoms with Crippen molar-refractivity contribution in [1.82, 2.24) is 0 Å². The first-order valence-corrected chi connectivity index (χ1v) is 4.55. The molecule has 0 aliphatic rings. The fourth-order valence-corrected chi connectivity index (χ4v) is 1.37. The fraction of sp³-hybridized carbons (Fsp3) is 0.182. The molecule has 1 atom stereocenters. The highest BCUT2D eigenvalue weighted by Crippen LogP contribution is 2.33. The van der Waals surface area contributed by atoms with Crippen LogP contribution in [0.5, 0.6) is 0 Å². The van der Waals surface area contributed by atoms with Crippen molar-refractivity contribution in [3.8, 4) is 0 Å². The van der Waals surface area contributed by atoms with E-state index in [-0.39, 0.29) is 5.02 Å². The maximum Gasteiger partial charge on any atom is 0.416 e. The van der Waals surface area contributed by atoms with Gasteiger partial charge in [-0.25, -0.2) is 0 Å². The number of hydrogen-bond donors (Lipinski definition) is 0. The molecule has 1 aromatic rings. The topological polar surface area (TPSA) is 0 Å². The van der Waals surface area contributed by atoms with E-state index in [9.17, 15) is 13.2 Å². The minimum absolute atomic E-state index is 0.0512. The Morgan fingerprint density at radius 2 is 1.87 bits per heavy atom. The Morgan fingerprint density at radius 3 is 2.33 bits per heavy atom. The van der Waals surface area contributed by atoms with Gasteiger partial charge in [0, 0.05) is 10.9 Å². The molecule has 0 heterocycles. The summed E-state index contributed by atoms with van der Waals surface area (Å²) in [7, 11) is 0. The third kappa shape index (κ3) is 2.99. The maximum atomic E-state index is 12.4. The SMILES string of the molecule is [CH2]C(C=C)c1cc(Cl)cc(C(F)(F)F)c1. The summed E-state index contributed by atoms with van der Waals surface area (Å²) in [5.41, 5.74) is -0.356. The summed E-state index contributed by atoms with van der Waals surface area (Å²) in [6.45, 7) is 7.12. The summed E-state index contributed by atoms with van der Waals surface area (Å²) in [5, 5.41) is 0.0512. The molecule has 1 rings (SSSR count). The largest absolute Gasteiger partial charge is 0.416 e. The highest BCUT2D eigenvalue weighted by atomic mass is 35.5. The zero-order valence-electron chi connectivity index (χ0n) is 7.81. The average molecular weight is 234 g/mol. The number of benzene rings is 1. The minimum Gasteiger partial charge on any atom is -0.166 e. The Kier molecular flexibility index (Phi) is 3.45. The molecule has 0 aliphatic carbocycles. The predicted octanol–water partition coefficient (Wildman–Crippen LogP) is 4.46. The summed E-state index contributed by atoms with van der Waals surface area (Å²) in [6, 6.07) is 3.38. The van der Waals surface area contributed by atoms with E-state index in [1.165, 1.54) is 12.1 Å². The Bertz CT molecular complexity index is 369. The first-order chi connectivity index (χ1) is 6.84. The molecule has 0 spiro atoms. The molecular weight excluding hydrogens is 225 g/mol. The first-order valence-electron chi connectivity index (χ1n) is 4.18. The Hall–Kier alpha value is -0.960. The van der Waals surface area contributed by atoms with E-state index in [0.717, 1.165) is 12.1 Å². The molecule has 0 amide bonds. The highest BCUT2D eigenvalue weighted by Gasteiger charge is 2.31. The van der Waals surface area contributed by atoms with Crippen LogP contribution in [0.4, 0.5) is 13.2 Å². The summed E-state index contributed by atoms with van der Waals surface area (Å²) in [4.78, 5) is 0. The lowest BCUT2D eigenvalue weighted by atomic mass is 9.99. The molecule has 0 nitrogen and oxygen atoms in total. The summed E-state index contributed by atoms with van der Waals surface area (Å²) >= 11 is 5.60. The smallest absolute Gasteiger partial charge is 0.166 e.